The van der Waals surface area contributed by atoms with Crippen molar-refractivity contribution >= 4 is 46.8 Å². The Labute approximate surface area is 226 Å². The molecule has 2 heterocycles. The summed E-state index contributed by atoms with van der Waals surface area (Å²) in [5.41, 5.74) is 2.55. The lowest BCUT2D eigenvalue weighted by Crippen LogP contribution is -2.28. The number of aliphatic imine (C=N–C) groups is 1. The molecule has 1 N–H and O–H groups in total. The zero-order chi connectivity index (χ0) is 26.2. The first kappa shape index (κ1) is 26.4. The first-order chi connectivity index (χ1) is 18.0. The molecule has 4 rings (SSSR count). The highest BCUT2D eigenvalue weighted by molar-refractivity contribution is 7.16. The Morgan fingerprint density at radius 1 is 1.14 bits per heavy atom. The summed E-state index contributed by atoms with van der Waals surface area (Å²) in [6.07, 6.45) is 5.20. The second-order valence-corrected chi connectivity index (χ2v) is 10.3. The highest BCUT2D eigenvalue weighted by Crippen LogP contribution is 2.31. The van der Waals surface area contributed by atoms with E-state index in [2.05, 4.69) is 21.3 Å². The summed E-state index contributed by atoms with van der Waals surface area (Å²) in [7, 11) is 1.69. The van der Waals surface area contributed by atoms with E-state index in [0.29, 0.717) is 26.0 Å². The molecule has 0 atom stereocenters. The lowest BCUT2D eigenvalue weighted by molar-refractivity contribution is 0.0790. The minimum atomic E-state index is -0.295. The predicted molar refractivity (Wildman–Crippen MR) is 147 cm³/mol. The van der Waals surface area contributed by atoms with E-state index >= 15 is 0 Å². The quantitative estimate of drug-likeness (QED) is 0.300. The Morgan fingerprint density at radius 2 is 1.84 bits per heavy atom. The molecule has 1 aliphatic rings. The largest absolute Gasteiger partial charge is 0.363 e. The van der Waals surface area contributed by atoms with Crippen LogP contribution in [-0.2, 0) is 13.1 Å². The van der Waals surface area contributed by atoms with Gasteiger partial charge >= 0.3 is 0 Å². The second-order valence-electron chi connectivity index (χ2n) is 8.87. The molecular formula is C28H28ClN5O2S. The highest BCUT2D eigenvalue weighted by atomic mass is 35.5. The summed E-state index contributed by atoms with van der Waals surface area (Å²) < 4.78 is 0. The third kappa shape index (κ3) is 6.76. The number of amides is 2. The van der Waals surface area contributed by atoms with Gasteiger partial charge in [0.15, 0.2) is 0 Å². The molecule has 0 aliphatic carbocycles. The number of carbonyl (C=O) groups is 2. The van der Waals surface area contributed by atoms with Crippen molar-refractivity contribution in [1.82, 2.24) is 15.1 Å². The van der Waals surface area contributed by atoms with E-state index in [1.165, 1.54) is 6.42 Å². The van der Waals surface area contributed by atoms with Crippen LogP contribution < -0.4 is 5.32 Å². The highest BCUT2D eigenvalue weighted by Gasteiger charge is 2.23. The van der Waals surface area contributed by atoms with Gasteiger partial charge in [0.25, 0.3) is 11.8 Å². The van der Waals surface area contributed by atoms with Crippen molar-refractivity contribution in [2.24, 2.45) is 4.99 Å². The monoisotopic (exact) mass is 533 g/mol. The number of carbonyl (C=O) groups excluding carboxylic acids is 2. The van der Waals surface area contributed by atoms with Crippen molar-refractivity contribution in [1.29, 1.82) is 5.26 Å². The second kappa shape index (κ2) is 12.5. The van der Waals surface area contributed by atoms with Gasteiger partial charge in [0.2, 0.25) is 0 Å². The molecule has 0 bridgehead atoms. The van der Waals surface area contributed by atoms with E-state index in [1.807, 2.05) is 30.3 Å². The predicted octanol–water partition coefficient (Wildman–Crippen LogP) is 5.62. The number of likely N-dealkylation sites (tertiary alicyclic amines) is 1. The van der Waals surface area contributed by atoms with Gasteiger partial charge in [-0.05, 0) is 48.6 Å². The fourth-order valence-electron chi connectivity index (χ4n) is 4.09. The maximum Gasteiger partial charge on any atom is 0.266 e. The van der Waals surface area contributed by atoms with E-state index in [-0.39, 0.29) is 24.9 Å². The van der Waals surface area contributed by atoms with E-state index in [4.69, 9.17) is 11.6 Å². The molecule has 190 valence electrons. The molecule has 7 nitrogen and oxygen atoms in total. The summed E-state index contributed by atoms with van der Waals surface area (Å²) in [6, 6.07) is 18.4. The van der Waals surface area contributed by atoms with E-state index in [1.54, 1.807) is 42.6 Å². The third-order valence-electron chi connectivity index (χ3n) is 6.17. The van der Waals surface area contributed by atoms with Crippen molar-refractivity contribution in [2.45, 2.75) is 32.4 Å². The number of hydrogen-bond acceptors (Lipinski definition) is 5. The third-order valence-corrected chi connectivity index (χ3v) is 7.65. The Kier molecular flexibility index (Phi) is 8.94. The van der Waals surface area contributed by atoms with Crippen molar-refractivity contribution in [2.75, 3.05) is 20.1 Å². The fraction of sp³-hybridized carbons (Fsp3) is 0.286. The molecule has 1 saturated heterocycles. The first-order valence-electron chi connectivity index (χ1n) is 12.1. The number of halogens is 1. The summed E-state index contributed by atoms with van der Waals surface area (Å²) in [5.74, 6) is -0.551. The summed E-state index contributed by atoms with van der Waals surface area (Å²) >= 11 is 7.34. The van der Waals surface area contributed by atoms with Crippen molar-refractivity contribution in [3.05, 3.63) is 86.1 Å². The van der Waals surface area contributed by atoms with Gasteiger partial charge < -0.3 is 15.1 Å². The van der Waals surface area contributed by atoms with Gasteiger partial charge in [0.05, 0.1) is 28.5 Å². The minimum Gasteiger partial charge on any atom is -0.363 e. The van der Waals surface area contributed by atoms with Crippen LogP contribution in [0.4, 0.5) is 5.69 Å². The molecule has 0 spiro atoms. The molecule has 37 heavy (non-hydrogen) atoms. The summed E-state index contributed by atoms with van der Waals surface area (Å²) in [4.78, 5) is 35.6. The molecule has 1 aromatic heterocycles. The van der Waals surface area contributed by atoms with Crippen molar-refractivity contribution < 1.29 is 9.59 Å². The first-order valence-corrected chi connectivity index (χ1v) is 13.3. The lowest BCUT2D eigenvalue weighted by Gasteiger charge is -2.23. The Balaban J connectivity index is 1.56. The smallest absolute Gasteiger partial charge is 0.266 e. The van der Waals surface area contributed by atoms with Crippen LogP contribution in [0.2, 0.25) is 5.02 Å². The maximum absolute atomic E-state index is 13.5. The maximum atomic E-state index is 13.5. The van der Waals surface area contributed by atoms with Crippen molar-refractivity contribution in [3.8, 4) is 6.07 Å². The van der Waals surface area contributed by atoms with Crippen LogP contribution in [0.25, 0.3) is 0 Å². The molecule has 0 unspecified atom stereocenters. The van der Waals surface area contributed by atoms with Crippen LogP contribution in [-0.4, -0.2) is 48.1 Å². The normalized spacial score (nSPS) is 13.4. The molecule has 1 fully saturated rings. The number of hydrogen-bond donors (Lipinski definition) is 1. The Hall–Kier alpha value is -3.67. The van der Waals surface area contributed by atoms with Crippen molar-refractivity contribution in [3.63, 3.8) is 0 Å². The average molecular weight is 534 g/mol. The van der Waals surface area contributed by atoms with Crippen LogP contribution in [0.15, 0.2) is 59.6 Å². The Bertz CT molecular complexity index is 1340. The topological polar surface area (TPSA) is 88.8 Å². The molecule has 3 aromatic rings. The molecule has 2 amide bonds. The number of piperidine rings is 1. The summed E-state index contributed by atoms with van der Waals surface area (Å²) in [6.45, 7) is 2.39. The molecule has 0 saturated carbocycles. The number of nitrogens with one attached hydrogen (secondary N) is 1. The number of rotatable bonds is 8. The van der Waals surface area contributed by atoms with Gasteiger partial charge in [-0.15, -0.1) is 11.3 Å². The molecule has 0 radical (unpaired) electrons. The van der Waals surface area contributed by atoms with Crippen LogP contribution in [0, 0.1) is 11.3 Å². The standard InChI is InChI=1S/C28H28ClN5O2S/c1-33(18-22-11-4-3-9-20(22)16-30)28(36)26-24(32-19-34-13-7-2-8-14-34)15-25(37-26)27(35)31-17-21-10-5-6-12-23(21)29/h3-6,9-12,15,19H,2,7-8,13-14,17-18H2,1H3,(H,31,35). The zero-order valence-electron chi connectivity index (χ0n) is 20.6. The number of thiophene rings is 1. The summed E-state index contributed by atoms with van der Waals surface area (Å²) in [5, 5.41) is 12.9. The lowest BCUT2D eigenvalue weighted by atomic mass is 10.1. The van der Waals surface area contributed by atoms with Crippen LogP contribution in [0.5, 0.6) is 0 Å². The van der Waals surface area contributed by atoms with Crippen LogP contribution in [0.3, 0.4) is 0 Å². The van der Waals surface area contributed by atoms with Gasteiger partial charge in [-0.1, -0.05) is 48.0 Å². The number of nitrogens with zero attached hydrogens (tertiary/aromatic N) is 4. The van der Waals surface area contributed by atoms with E-state index in [0.717, 1.165) is 48.4 Å². The van der Waals surface area contributed by atoms with Gasteiger partial charge in [-0.2, -0.15) is 5.26 Å². The van der Waals surface area contributed by atoms with E-state index in [9.17, 15) is 14.9 Å². The van der Waals surface area contributed by atoms with E-state index < -0.39 is 0 Å². The Morgan fingerprint density at radius 3 is 2.57 bits per heavy atom. The molecule has 1 aliphatic heterocycles. The molecule has 2 aromatic carbocycles. The van der Waals surface area contributed by atoms with Gasteiger partial charge in [0, 0.05) is 38.2 Å². The average Bonchev–Trinajstić information content (AvgIpc) is 3.36. The van der Waals surface area contributed by atoms with Crippen LogP contribution >= 0.6 is 22.9 Å². The van der Waals surface area contributed by atoms with Gasteiger partial charge in [0.1, 0.15) is 4.88 Å². The van der Waals surface area contributed by atoms with Crippen LogP contribution in [0.1, 0.15) is 55.3 Å². The molecular weight excluding hydrogens is 506 g/mol. The number of benzene rings is 2. The molecule has 9 heteroatoms. The fourth-order valence-corrected chi connectivity index (χ4v) is 5.31. The zero-order valence-corrected chi connectivity index (χ0v) is 22.2. The minimum absolute atomic E-state index is 0.256. The van der Waals surface area contributed by atoms with Gasteiger partial charge in [-0.25, -0.2) is 4.99 Å². The van der Waals surface area contributed by atoms with Gasteiger partial charge in [-0.3, -0.25) is 9.59 Å². The number of nitriles is 1. The SMILES string of the molecule is CN(Cc1ccccc1C#N)C(=O)c1sc(C(=O)NCc2ccccc2Cl)cc1N=CN1CCCCC1.